The molecule has 0 bridgehead atoms. The Morgan fingerprint density at radius 3 is 2.62 bits per heavy atom. The molecule has 2 N–H and O–H groups in total. The van der Waals surface area contributed by atoms with Crippen LogP contribution in [0.1, 0.15) is 65.7 Å². The molecule has 1 rings (SSSR count). The van der Waals surface area contributed by atoms with Crippen molar-refractivity contribution in [3.63, 3.8) is 0 Å². The summed E-state index contributed by atoms with van der Waals surface area (Å²) in [7, 11) is 0. The predicted molar refractivity (Wildman–Crippen MR) is 83.3 cm³/mol. The third-order valence-corrected chi connectivity index (χ3v) is 4.42. The number of likely N-dealkylation sites (tertiary alicyclic amines) is 1. The fraction of sp³-hybridized carbons (Fsp3) is 0.875. The second kappa shape index (κ2) is 8.90. The minimum atomic E-state index is -0.745. The molecule has 3 atom stereocenters. The lowest BCUT2D eigenvalue weighted by Gasteiger charge is -2.36. The molecule has 1 fully saturated rings. The van der Waals surface area contributed by atoms with Crippen LogP contribution in [0.25, 0.3) is 0 Å². The van der Waals surface area contributed by atoms with Crippen molar-refractivity contribution < 1.29 is 14.7 Å². The zero-order valence-electron chi connectivity index (χ0n) is 13.6. The highest BCUT2D eigenvalue weighted by Gasteiger charge is 2.25. The minimum Gasteiger partial charge on any atom is -0.481 e. The average Bonchev–Trinajstić information content (AvgIpc) is 2.46. The Morgan fingerprint density at radius 1 is 1.29 bits per heavy atom. The summed E-state index contributed by atoms with van der Waals surface area (Å²) in [4.78, 5) is 25.0. The molecule has 3 unspecified atom stereocenters. The van der Waals surface area contributed by atoms with E-state index in [9.17, 15) is 9.59 Å². The van der Waals surface area contributed by atoms with Crippen LogP contribution >= 0.6 is 0 Å². The van der Waals surface area contributed by atoms with Gasteiger partial charge in [-0.05, 0) is 45.4 Å². The van der Waals surface area contributed by atoms with E-state index < -0.39 is 5.97 Å². The maximum Gasteiger partial charge on any atom is 0.317 e. The van der Waals surface area contributed by atoms with E-state index in [4.69, 9.17) is 5.11 Å². The quantitative estimate of drug-likeness (QED) is 0.758. The Hall–Kier alpha value is -1.26. The van der Waals surface area contributed by atoms with E-state index in [-0.39, 0.29) is 18.0 Å². The predicted octanol–water partition coefficient (Wildman–Crippen LogP) is 3.24. The van der Waals surface area contributed by atoms with Crippen LogP contribution < -0.4 is 5.32 Å². The second-order valence-corrected chi connectivity index (χ2v) is 6.27. The van der Waals surface area contributed by atoms with Crippen molar-refractivity contribution >= 4 is 12.0 Å². The summed E-state index contributed by atoms with van der Waals surface area (Å²) >= 11 is 0. The fourth-order valence-corrected chi connectivity index (χ4v) is 2.91. The molecule has 5 nitrogen and oxygen atoms in total. The molecule has 0 aromatic rings. The van der Waals surface area contributed by atoms with E-state index in [0.717, 1.165) is 38.6 Å². The number of urea groups is 1. The molecule has 5 heteroatoms. The highest BCUT2D eigenvalue weighted by atomic mass is 16.4. The van der Waals surface area contributed by atoms with E-state index in [1.54, 1.807) is 6.92 Å². The van der Waals surface area contributed by atoms with Gasteiger partial charge in [-0.15, -0.1) is 0 Å². The third-order valence-electron chi connectivity index (χ3n) is 4.42. The van der Waals surface area contributed by atoms with Gasteiger partial charge in [0.1, 0.15) is 0 Å². The summed E-state index contributed by atoms with van der Waals surface area (Å²) < 4.78 is 0. The number of carboxylic acid groups (broad SMARTS) is 1. The number of nitrogens with one attached hydrogen (secondary N) is 1. The lowest BCUT2D eigenvalue weighted by atomic mass is 10.0. The molecule has 1 heterocycles. The van der Waals surface area contributed by atoms with Gasteiger partial charge in [0.15, 0.2) is 0 Å². The first-order valence-electron chi connectivity index (χ1n) is 8.25. The number of hydrogen-bond acceptors (Lipinski definition) is 2. The van der Waals surface area contributed by atoms with Gasteiger partial charge in [0.05, 0.1) is 5.92 Å². The first-order valence-corrected chi connectivity index (χ1v) is 8.25. The molecular weight excluding hydrogens is 268 g/mol. The number of rotatable bonds is 7. The standard InChI is InChI=1S/C16H30N2O3/c1-4-14-10-5-6-11-18(14)16(21)17-13(3)9-7-8-12(2)15(19)20/h12-14H,4-11H2,1-3H3,(H,17,21)(H,19,20). The van der Waals surface area contributed by atoms with Crippen LogP contribution in [0, 0.1) is 5.92 Å². The number of carbonyl (C=O) groups is 2. The highest BCUT2D eigenvalue weighted by molar-refractivity contribution is 5.75. The van der Waals surface area contributed by atoms with Crippen molar-refractivity contribution in [1.29, 1.82) is 0 Å². The maximum atomic E-state index is 12.3. The molecule has 0 saturated carbocycles. The van der Waals surface area contributed by atoms with E-state index in [1.807, 2.05) is 11.8 Å². The van der Waals surface area contributed by atoms with Gasteiger partial charge in [-0.3, -0.25) is 4.79 Å². The van der Waals surface area contributed by atoms with Gasteiger partial charge in [0.2, 0.25) is 0 Å². The zero-order chi connectivity index (χ0) is 15.8. The summed E-state index contributed by atoms with van der Waals surface area (Å²) in [5, 5.41) is 11.9. The number of nitrogens with zero attached hydrogens (tertiary/aromatic N) is 1. The zero-order valence-corrected chi connectivity index (χ0v) is 13.6. The van der Waals surface area contributed by atoms with Gasteiger partial charge in [-0.25, -0.2) is 4.79 Å². The van der Waals surface area contributed by atoms with E-state index in [1.165, 1.54) is 6.42 Å². The van der Waals surface area contributed by atoms with Crippen LogP contribution in [-0.4, -0.2) is 40.6 Å². The molecule has 0 aliphatic carbocycles. The van der Waals surface area contributed by atoms with Crippen molar-refractivity contribution in [3.05, 3.63) is 0 Å². The van der Waals surface area contributed by atoms with Crippen LogP contribution in [0.15, 0.2) is 0 Å². The van der Waals surface area contributed by atoms with Gasteiger partial charge in [-0.2, -0.15) is 0 Å². The van der Waals surface area contributed by atoms with Crippen LogP contribution in [0.3, 0.4) is 0 Å². The van der Waals surface area contributed by atoms with Crippen LogP contribution in [0.5, 0.6) is 0 Å². The van der Waals surface area contributed by atoms with Crippen LogP contribution in [0.2, 0.25) is 0 Å². The number of piperidine rings is 1. The maximum absolute atomic E-state index is 12.3. The number of aliphatic carboxylic acids is 1. The molecule has 0 spiro atoms. The minimum absolute atomic E-state index is 0.0420. The summed E-state index contributed by atoms with van der Waals surface area (Å²) in [5.41, 5.74) is 0. The molecule has 1 aliphatic heterocycles. The molecule has 0 aromatic carbocycles. The Kier molecular flexibility index (Phi) is 7.54. The van der Waals surface area contributed by atoms with Gasteiger partial charge >= 0.3 is 12.0 Å². The monoisotopic (exact) mass is 298 g/mol. The third kappa shape index (κ3) is 5.94. The Labute approximate surface area is 128 Å². The summed E-state index contributed by atoms with van der Waals surface area (Å²) in [6.07, 6.45) is 6.74. The van der Waals surface area contributed by atoms with E-state index in [0.29, 0.717) is 12.5 Å². The highest BCUT2D eigenvalue weighted by Crippen LogP contribution is 2.19. The topological polar surface area (TPSA) is 69.6 Å². The lowest BCUT2D eigenvalue weighted by Crippen LogP contribution is -2.50. The Balaban J connectivity index is 2.31. The number of amides is 2. The fourth-order valence-electron chi connectivity index (χ4n) is 2.91. The van der Waals surface area contributed by atoms with Crippen molar-refractivity contribution in [2.24, 2.45) is 5.92 Å². The molecule has 21 heavy (non-hydrogen) atoms. The van der Waals surface area contributed by atoms with Crippen LogP contribution in [-0.2, 0) is 4.79 Å². The van der Waals surface area contributed by atoms with E-state index in [2.05, 4.69) is 12.2 Å². The summed E-state index contributed by atoms with van der Waals surface area (Å²) in [6.45, 7) is 6.71. The molecule has 1 saturated heterocycles. The first kappa shape index (κ1) is 17.8. The van der Waals surface area contributed by atoms with E-state index >= 15 is 0 Å². The lowest BCUT2D eigenvalue weighted by molar-refractivity contribution is -0.141. The molecule has 1 aliphatic rings. The normalized spacial score (nSPS) is 21.7. The van der Waals surface area contributed by atoms with Gasteiger partial charge < -0.3 is 15.3 Å². The van der Waals surface area contributed by atoms with Gasteiger partial charge in [0, 0.05) is 18.6 Å². The van der Waals surface area contributed by atoms with Crippen LogP contribution in [0.4, 0.5) is 4.79 Å². The summed E-state index contributed by atoms with van der Waals surface area (Å²) in [6, 6.07) is 0.510. The smallest absolute Gasteiger partial charge is 0.317 e. The van der Waals surface area contributed by atoms with Gasteiger partial charge in [-0.1, -0.05) is 20.3 Å². The summed E-state index contributed by atoms with van der Waals surface area (Å²) in [5.74, 6) is -1.05. The van der Waals surface area contributed by atoms with Crippen molar-refractivity contribution in [2.45, 2.75) is 77.8 Å². The SMILES string of the molecule is CCC1CCCCN1C(=O)NC(C)CCCC(C)C(=O)O. The van der Waals surface area contributed by atoms with Crippen molar-refractivity contribution in [2.75, 3.05) is 6.54 Å². The molecule has 122 valence electrons. The number of carbonyl (C=O) groups excluding carboxylic acids is 1. The molecule has 0 aromatic heterocycles. The molecule has 2 amide bonds. The molecular formula is C16H30N2O3. The number of carboxylic acids is 1. The average molecular weight is 298 g/mol. The first-order chi connectivity index (χ1) is 9.95. The second-order valence-electron chi connectivity index (χ2n) is 6.27. The van der Waals surface area contributed by atoms with Crippen molar-refractivity contribution in [3.8, 4) is 0 Å². The largest absolute Gasteiger partial charge is 0.481 e. The Morgan fingerprint density at radius 2 is 2.00 bits per heavy atom. The number of hydrogen-bond donors (Lipinski definition) is 2. The molecule has 0 radical (unpaired) electrons. The van der Waals surface area contributed by atoms with Crippen molar-refractivity contribution in [1.82, 2.24) is 10.2 Å². The van der Waals surface area contributed by atoms with Gasteiger partial charge in [0.25, 0.3) is 0 Å². The Bertz CT molecular complexity index is 346.